The van der Waals surface area contributed by atoms with Crippen LogP contribution in [0.3, 0.4) is 0 Å². The molecule has 1 amide bonds. The molecule has 13 heteroatoms. The number of ether oxygens (including phenoxy) is 5. The smallest absolute Gasteiger partial charge is 0.465 e. The molecule has 2 unspecified atom stereocenters. The van der Waals surface area contributed by atoms with E-state index >= 15 is 0 Å². The quantitative estimate of drug-likeness (QED) is 0.0336. The summed E-state index contributed by atoms with van der Waals surface area (Å²) in [4.78, 5) is 75.5. The Kier molecular flexibility index (Phi) is 39.8. The highest BCUT2D eigenvalue weighted by molar-refractivity contribution is 5.84. The van der Waals surface area contributed by atoms with Crippen molar-refractivity contribution in [1.29, 1.82) is 0 Å². The van der Waals surface area contributed by atoms with E-state index in [1.54, 1.807) is 13.8 Å². The maximum absolute atomic E-state index is 13.4. The molecule has 0 saturated heterocycles. The van der Waals surface area contributed by atoms with Crippen LogP contribution < -0.4 is 5.32 Å². The molecule has 0 rings (SSSR count). The van der Waals surface area contributed by atoms with Crippen molar-refractivity contribution < 1.29 is 57.6 Å². The van der Waals surface area contributed by atoms with E-state index in [1.165, 1.54) is 103 Å². The zero-order valence-corrected chi connectivity index (χ0v) is 42.1. The first-order valence-electron chi connectivity index (χ1n) is 26.1. The second kappa shape index (κ2) is 42.0. The molecule has 0 aliphatic heterocycles. The minimum atomic E-state index is -1.43. The molecule has 0 heterocycles. The molecule has 0 aromatic heterocycles. The summed E-state index contributed by atoms with van der Waals surface area (Å²) in [6.45, 7) is 12.5. The fourth-order valence-electron chi connectivity index (χ4n) is 7.80. The van der Waals surface area contributed by atoms with Gasteiger partial charge in [-0.05, 0) is 56.8 Å². The van der Waals surface area contributed by atoms with Gasteiger partial charge in [0.15, 0.2) is 6.10 Å². The molecular formula is C52H95NO12. The van der Waals surface area contributed by atoms with Crippen LogP contribution in [0.25, 0.3) is 0 Å². The SMILES string of the molecule is CCCCCCCCC(CCCCCC)COC(=O)CCCC(=O)OCC(C)(C)[C@@H](OC(=O)CCCC(=O)OCC(CCCCCC)CCCCCCCC)C(=O)NCCCOC(=O)O. The number of carboxylic acid groups (broad SMARTS) is 1. The van der Waals surface area contributed by atoms with Crippen LogP contribution in [0, 0.1) is 17.3 Å². The average Bonchev–Trinajstić information content (AvgIpc) is 3.27. The first-order valence-corrected chi connectivity index (χ1v) is 26.1. The highest BCUT2D eigenvalue weighted by Gasteiger charge is 2.40. The molecule has 0 saturated carbocycles. The van der Waals surface area contributed by atoms with Gasteiger partial charge in [-0.25, -0.2) is 4.79 Å². The van der Waals surface area contributed by atoms with Crippen molar-refractivity contribution in [2.75, 3.05) is 33.0 Å². The van der Waals surface area contributed by atoms with Crippen molar-refractivity contribution in [2.24, 2.45) is 17.3 Å². The maximum Gasteiger partial charge on any atom is 0.505 e. The maximum atomic E-state index is 13.4. The summed E-state index contributed by atoms with van der Waals surface area (Å²) < 4.78 is 27.1. The molecule has 0 aliphatic rings. The van der Waals surface area contributed by atoms with Gasteiger partial charge in [0, 0.05) is 37.6 Å². The number of rotatable bonds is 45. The Hall–Kier alpha value is -3.38. The number of hydrogen-bond donors (Lipinski definition) is 2. The minimum absolute atomic E-state index is 0.0294. The van der Waals surface area contributed by atoms with E-state index in [-0.39, 0.29) is 76.6 Å². The topological polar surface area (TPSA) is 181 Å². The highest BCUT2D eigenvalue weighted by atomic mass is 16.7. The molecule has 0 aliphatic carbocycles. The number of amides is 1. The van der Waals surface area contributed by atoms with Crippen LogP contribution in [0.2, 0.25) is 0 Å². The number of unbranched alkanes of at least 4 members (excludes halogenated alkanes) is 16. The van der Waals surface area contributed by atoms with Gasteiger partial charge in [0.05, 0.1) is 19.8 Å². The second-order valence-corrected chi connectivity index (χ2v) is 18.9. The Labute approximate surface area is 394 Å². The zero-order valence-electron chi connectivity index (χ0n) is 42.1. The molecule has 0 aromatic carbocycles. The normalized spacial score (nSPS) is 12.8. The molecule has 65 heavy (non-hydrogen) atoms. The van der Waals surface area contributed by atoms with Crippen molar-refractivity contribution >= 4 is 35.9 Å². The second-order valence-electron chi connectivity index (χ2n) is 18.9. The number of hydrogen-bond acceptors (Lipinski definition) is 11. The Balaban J connectivity index is 5.16. The lowest BCUT2D eigenvalue weighted by atomic mass is 9.86. The third-order valence-electron chi connectivity index (χ3n) is 12.0. The summed E-state index contributed by atoms with van der Waals surface area (Å²) in [6.07, 6.45) is 25.9. The first-order chi connectivity index (χ1) is 31.3. The summed E-state index contributed by atoms with van der Waals surface area (Å²) in [5.74, 6) is -1.95. The van der Waals surface area contributed by atoms with Gasteiger partial charge in [0.25, 0.3) is 5.91 Å². The molecule has 380 valence electrons. The Morgan fingerprint density at radius 3 is 1.25 bits per heavy atom. The van der Waals surface area contributed by atoms with Gasteiger partial charge in [0.2, 0.25) is 0 Å². The fourth-order valence-corrected chi connectivity index (χ4v) is 7.80. The molecular weight excluding hydrogens is 831 g/mol. The van der Waals surface area contributed by atoms with E-state index < -0.39 is 35.5 Å². The molecule has 3 atom stereocenters. The summed E-state index contributed by atoms with van der Waals surface area (Å²) in [7, 11) is 0. The van der Waals surface area contributed by atoms with E-state index in [2.05, 4.69) is 37.7 Å². The summed E-state index contributed by atoms with van der Waals surface area (Å²) >= 11 is 0. The molecule has 0 aromatic rings. The largest absolute Gasteiger partial charge is 0.505 e. The van der Waals surface area contributed by atoms with Gasteiger partial charge in [0.1, 0.15) is 6.61 Å². The monoisotopic (exact) mass is 926 g/mol. The lowest BCUT2D eigenvalue weighted by Crippen LogP contribution is -2.49. The first kappa shape index (κ1) is 61.6. The molecule has 0 bridgehead atoms. The van der Waals surface area contributed by atoms with Gasteiger partial charge in [-0.15, -0.1) is 0 Å². The number of carbonyl (C=O) groups is 6. The molecule has 13 nitrogen and oxygen atoms in total. The standard InChI is InChI=1S/C52H95NO12/c1-7-11-15-19-21-25-32-43(30-23-17-13-9-3)40-62-45(54)34-27-36-47(56)64-42-52(5,6)49(50(58)53-38-29-39-61-51(59)60)65-48(57)37-28-35-46(55)63-41-44(31-24-18-14-10-4)33-26-22-20-16-12-8-2/h43-44,49H,7-42H2,1-6H3,(H,53,58)(H,59,60)/t43?,44?,49-/m0/s1. The molecule has 0 spiro atoms. The summed E-state index contributed by atoms with van der Waals surface area (Å²) in [5.41, 5.74) is -1.17. The van der Waals surface area contributed by atoms with Gasteiger partial charge in [-0.2, -0.15) is 0 Å². The number of esters is 4. The van der Waals surface area contributed by atoms with Crippen LogP contribution >= 0.6 is 0 Å². The fraction of sp³-hybridized carbons (Fsp3) is 0.885. The van der Waals surface area contributed by atoms with Crippen molar-refractivity contribution in [3.8, 4) is 0 Å². The van der Waals surface area contributed by atoms with Crippen LogP contribution in [0.4, 0.5) is 4.79 Å². The van der Waals surface area contributed by atoms with Crippen molar-refractivity contribution in [1.82, 2.24) is 5.32 Å². The lowest BCUT2D eigenvalue weighted by molar-refractivity contribution is -0.169. The van der Waals surface area contributed by atoms with Crippen LogP contribution in [-0.2, 0) is 47.7 Å². The number of nitrogens with one attached hydrogen (secondary N) is 1. The summed E-state index contributed by atoms with van der Waals surface area (Å²) in [6, 6.07) is 0. The lowest BCUT2D eigenvalue weighted by Gasteiger charge is -2.32. The van der Waals surface area contributed by atoms with Crippen LogP contribution in [0.1, 0.15) is 241 Å². The Morgan fingerprint density at radius 1 is 0.462 bits per heavy atom. The van der Waals surface area contributed by atoms with E-state index in [9.17, 15) is 28.8 Å². The van der Waals surface area contributed by atoms with Crippen LogP contribution in [0.5, 0.6) is 0 Å². The minimum Gasteiger partial charge on any atom is -0.465 e. The third kappa shape index (κ3) is 37.4. The van der Waals surface area contributed by atoms with E-state index in [1.807, 2.05) is 0 Å². The van der Waals surface area contributed by atoms with Gasteiger partial charge < -0.3 is 34.1 Å². The van der Waals surface area contributed by atoms with Crippen LogP contribution in [-0.4, -0.2) is 80.1 Å². The molecule has 2 N–H and O–H groups in total. The van der Waals surface area contributed by atoms with Gasteiger partial charge in [-0.3, -0.25) is 24.0 Å². The molecule has 0 radical (unpaired) electrons. The third-order valence-corrected chi connectivity index (χ3v) is 12.0. The zero-order chi connectivity index (χ0) is 48.4. The predicted octanol–water partition coefficient (Wildman–Crippen LogP) is 12.8. The van der Waals surface area contributed by atoms with Gasteiger partial charge in [-0.1, -0.05) is 170 Å². The predicted molar refractivity (Wildman–Crippen MR) is 256 cm³/mol. The summed E-state index contributed by atoms with van der Waals surface area (Å²) in [5, 5.41) is 11.4. The Bertz CT molecular complexity index is 1240. The average molecular weight is 926 g/mol. The molecule has 0 fully saturated rings. The van der Waals surface area contributed by atoms with E-state index in [0.29, 0.717) is 25.0 Å². The van der Waals surface area contributed by atoms with Crippen molar-refractivity contribution in [2.45, 2.75) is 247 Å². The van der Waals surface area contributed by atoms with Crippen molar-refractivity contribution in [3.63, 3.8) is 0 Å². The van der Waals surface area contributed by atoms with E-state index in [0.717, 1.165) is 51.4 Å². The van der Waals surface area contributed by atoms with Crippen LogP contribution in [0.15, 0.2) is 0 Å². The highest BCUT2D eigenvalue weighted by Crippen LogP contribution is 2.26. The van der Waals surface area contributed by atoms with Gasteiger partial charge >= 0.3 is 30.0 Å². The van der Waals surface area contributed by atoms with E-state index in [4.69, 9.17) is 24.1 Å². The van der Waals surface area contributed by atoms with Crippen molar-refractivity contribution in [3.05, 3.63) is 0 Å². The Morgan fingerprint density at radius 2 is 0.831 bits per heavy atom. The number of carbonyl (C=O) groups excluding carboxylic acids is 5.